The van der Waals surface area contributed by atoms with Crippen molar-refractivity contribution >= 4 is 12.2 Å². The Morgan fingerprint density at radius 3 is 2.56 bits per heavy atom. The molecule has 2 aromatic carbocycles. The van der Waals surface area contributed by atoms with E-state index in [0.29, 0.717) is 0 Å². The zero-order valence-electron chi connectivity index (χ0n) is 18.7. The van der Waals surface area contributed by atoms with Gasteiger partial charge >= 0.3 is 0 Å². The number of aromatic nitrogens is 5. The Kier molecular flexibility index (Phi) is 6.16. The molecule has 1 atom stereocenters. The monoisotopic (exact) mass is 431 g/mol. The zero-order chi connectivity index (χ0) is 22.7. The lowest BCUT2D eigenvalue weighted by molar-refractivity contribution is 0.413. The van der Waals surface area contributed by atoms with Gasteiger partial charge < -0.3 is 13.9 Å². The molecule has 6 nitrogen and oxygen atoms in total. The van der Waals surface area contributed by atoms with E-state index < -0.39 is 0 Å². The van der Waals surface area contributed by atoms with Gasteiger partial charge in [-0.2, -0.15) is 0 Å². The van der Waals surface area contributed by atoms with Crippen LogP contribution in [0.4, 0.5) is 4.39 Å². The van der Waals surface area contributed by atoms with Gasteiger partial charge in [0.25, 0.3) is 0 Å². The molecule has 0 radical (unpaired) electrons. The number of hydrogen-bond acceptors (Lipinski definition) is 4. The van der Waals surface area contributed by atoms with Gasteiger partial charge in [-0.3, -0.25) is 0 Å². The standard InChI is InChI=1S/C25H26FN5O/c1-17(20-7-9-21(26)10-8-20)13-25-29-28-24(30(25)3)12-6-19-5-11-22(23(14-19)32-4)31-15-18(2)27-16-31/h5-12,14-17H,13H2,1-4H3/b12-6+. The number of aryl methyl sites for hydroxylation is 1. The van der Waals surface area contributed by atoms with Crippen LogP contribution in [0.1, 0.15) is 41.3 Å². The average molecular weight is 432 g/mol. The summed E-state index contributed by atoms with van der Waals surface area (Å²) in [5.74, 6) is 2.39. The van der Waals surface area contributed by atoms with Crippen molar-refractivity contribution in [3.8, 4) is 11.4 Å². The van der Waals surface area contributed by atoms with Gasteiger partial charge in [0.05, 0.1) is 24.8 Å². The maximum atomic E-state index is 13.2. The maximum Gasteiger partial charge on any atom is 0.156 e. The van der Waals surface area contributed by atoms with Crippen molar-refractivity contribution in [2.75, 3.05) is 7.11 Å². The number of methoxy groups -OCH3 is 1. The highest BCUT2D eigenvalue weighted by atomic mass is 19.1. The summed E-state index contributed by atoms with van der Waals surface area (Å²) >= 11 is 0. The molecule has 7 heteroatoms. The second-order valence-electron chi connectivity index (χ2n) is 7.88. The summed E-state index contributed by atoms with van der Waals surface area (Å²) in [6.45, 7) is 4.06. The third kappa shape index (κ3) is 4.61. The van der Waals surface area contributed by atoms with E-state index in [-0.39, 0.29) is 11.7 Å². The SMILES string of the molecule is COc1cc(/C=C/c2nnc(CC(C)c3ccc(F)cc3)n2C)ccc1-n1cnc(C)c1. The van der Waals surface area contributed by atoms with E-state index in [0.717, 1.165) is 46.3 Å². The molecule has 1 unspecified atom stereocenters. The Morgan fingerprint density at radius 2 is 1.88 bits per heavy atom. The number of imidazole rings is 1. The van der Waals surface area contributed by atoms with Crippen LogP contribution in [-0.4, -0.2) is 31.4 Å². The third-order valence-electron chi connectivity index (χ3n) is 5.55. The molecule has 0 saturated heterocycles. The van der Waals surface area contributed by atoms with Gasteiger partial charge in [-0.05, 0) is 54.3 Å². The lowest BCUT2D eigenvalue weighted by atomic mass is 9.97. The Morgan fingerprint density at radius 1 is 1.09 bits per heavy atom. The molecule has 4 rings (SSSR count). The minimum atomic E-state index is -0.225. The lowest BCUT2D eigenvalue weighted by Gasteiger charge is -2.11. The van der Waals surface area contributed by atoms with Crippen molar-refractivity contribution < 1.29 is 9.13 Å². The molecule has 0 bridgehead atoms. The molecule has 0 aliphatic rings. The highest BCUT2D eigenvalue weighted by molar-refractivity contribution is 5.69. The van der Waals surface area contributed by atoms with Crippen molar-refractivity contribution in [3.05, 3.63) is 89.3 Å². The van der Waals surface area contributed by atoms with Gasteiger partial charge in [-0.15, -0.1) is 10.2 Å². The Bertz CT molecular complexity index is 1240. The molecule has 0 aliphatic carbocycles. The van der Waals surface area contributed by atoms with Crippen LogP contribution in [0.25, 0.3) is 17.8 Å². The Hall–Kier alpha value is -3.74. The van der Waals surface area contributed by atoms with Crippen molar-refractivity contribution in [2.24, 2.45) is 7.05 Å². The summed E-state index contributed by atoms with van der Waals surface area (Å²) in [6, 6.07) is 12.6. The van der Waals surface area contributed by atoms with Gasteiger partial charge in [0.15, 0.2) is 5.82 Å². The number of hydrogen-bond donors (Lipinski definition) is 0. The van der Waals surface area contributed by atoms with Crippen molar-refractivity contribution in [2.45, 2.75) is 26.2 Å². The normalized spacial score (nSPS) is 12.4. The predicted octanol–water partition coefficient (Wildman–Crippen LogP) is 4.97. The summed E-state index contributed by atoms with van der Waals surface area (Å²) in [5.41, 5.74) is 3.95. The van der Waals surface area contributed by atoms with E-state index in [9.17, 15) is 4.39 Å². The molecule has 0 fully saturated rings. The molecule has 164 valence electrons. The molecule has 0 amide bonds. The first-order valence-electron chi connectivity index (χ1n) is 10.5. The number of halogens is 1. The predicted molar refractivity (Wildman–Crippen MR) is 123 cm³/mol. The van der Waals surface area contributed by atoms with Crippen LogP contribution >= 0.6 is 0 Å². The van der Waals surface area contributed by atoms with Gasteiger partial charge in [-0.1, -0.05) is 31.2 Å². The molecule has 0 spiro atoms. The van der Waals surface area contributed by atoms with Crippen LogP contribution in [0.5, 0.6) is 5.75 Å². The summed E-state index contributed by atoms with van der Waals surface area (Å²) in [4.78, 5) is 4.28. The second-order valence-corrected chi connectivity index (χ2v) is 7.88. The van der Waals surface area contributed by atoms with Crippen LogP contribution in [0.2, 0.25) is 0 Å². The fourth-order valence-electron chi connectivity index (χ4n) is 3.62. The minimum absolute atomic E-state index is 0.207. The Balaban J connectivity index is 1.50. The molecule has 0 aliphatic heterocycles. The minimum Gasteiger partial charge on any atom is -0.495 e. The molecule has 2 aromatic heterocycles. The number of nitrogens with zero attached hydrogens (tertiary/aromatic N) is 5. The van der Waals surface area contributed by atoms with Crippen LogP contribution in [0, 0.1) is 12.7 Å². The summed E-state index contributed by atoms with van der Waals surface area (Å²) in [6.07, 6.45) is 8.38. The molecule has 2 heterocycles. The first-order valence-corrected chi connectivity index (χ1v) is 10.5. The lowest BCUT2D eigenvalue weighted by Crippen LogP contribution is -2.05. The van der Waals surface area contributed by atoms with Gasteiger partial charge in [0.1, 0.15) is 17.4 Å². The zero-order valence-corrected chi connectivity index (χ0v) is 18.7. The third-order valence-corrected chi connectivity index (χ3v) is 5.55. The molecular weight excluding hydrogens is 405 g/mol. The average Bonchev–Trinajstić information content (AvgIpc) is 3.38. The summed E-state index contributed by atoms with van der Waals surface area (Å²) in [5, 5.41) is 8.68. The molecule has 0 N–H and O–H groups in total. The largest absolute Gasteiger partial charge is 0.495 e. The van der Waals surface area contributed by atoms with Crippen LogP contribution < -0.4 is 4.74 Å². The molecule has 32 heavy (non-hydrogen) atoms. The fourth-order valence-corrected chi connectivity index (χ4v) is 3.62. The van der Waals surface area contributed by atoms with E-state index in [1.165, 1.54) is 12.1 Å². The van der Waals surface area contributed by atoms with Crippen LogP contribution in [0.3, 0.4) is 0 Å². The summed E-state index contributed by atoms with van der Waals surface area (Å²) < 4.78 is 22.7. The molecule has 4 aromatic rings. The van der Waals surface area contributed by atoms with E-state index in [2.05, 4.69) is 22.1 Å². The first kappa shape index (κ1) is 21.5. The van der Waals surface area contributed by atoms with Gasteiger partial charge in [-0.25, -0.2) is 9.37 Å². The van der Waals surface area contributed by atoms with E-state index >= 15 is 0 Å². The summed E-state index contributed by atoms with van der Waals surface area (Å²) in [7, 11) is 3.62. The second kappa shape index (κ2) is 9.18. The Labute approximate surface area is 187 Å². The van der Waals surface area contributed by atoms with E-state index in [1.807, 2.05) is 71.8 Å². The van der Waals surface area contributed by atoms with Crippen molar-refractivity contribution in [3.63, 3.8) is 0 Å². The first-order chi connectivity index (χ1) is 15.4. The van der Waals surface area contributed by atoms with E-state index in [1.54, 1.807) is 13.4 Å². The maximum absolute atomic E-state index is 13.2. The topological polar surface area (TPSA) is 57.8 Å². The quantitative estimate of drug-likeness (QED) is 0.414. The number of rotatable bonds is 7. The molecule has 0 saturated carbocycles. The number of benzene rings is 2. The smallest absolute Gasteiger partial charge is 0.156 e. The number of ether oxygens (including phenoxy) is 1. The highest BCUT2D eigenvalue weighted by Gasteiger charge is 2.13. The van der Waals surface area contributed by atoms with Crippen LogP contribution in [-0.2, 0) is 13.5 Å². The fraction of sp³-hybridized carbons (Fsp3) is 0.240. The van der Waals surface area contributed by atoms with Gasteiger partial charge in [0.2, 0.25) is 0 Å². The van der Waals surface area contributed by atoms with Crippen molar-refractivity contribution in [1.82, 2.24) is 24.3 Å². The molecular formula is C25H26FN5O. The van der Waals surface area contributed by atoms with E-state index in [4.69, 9.17) is 4.74 Å². The van der Waals surface area contributed by atoms with Crippen molar-refractivity contribution in [1.29, 1.82) is 0 Å². The highest BCUT2D eigenvalue weighted by Crippen LogP contribution is 2.26. The van der Waals surface area contributed by atoms with Crippen LogP contribution in [0.15, 0.2) is 55.0 Å². The van der Waals surface area contributed by atoms with Gasteiger partial charge in [0, 0.05) is 19.7 Å².